The number of amides is 1. The maximum absolute atomic E-state index is 12.6. The molecule has 1 heterocycles. The first-order chi connectivity index (χ1) is 14.4. The second-order valence-corrected chi connectivity index (χ2v) is 6.76. The molecule has 0 aromatic heterocycles. The number of hydrogen-bond donors (Lipinski definition) is 1. The van der Waals surface area contributed by atoms with Crippen LogP contribution in [0.5, 0.6) is 11.5 Å². The first-order valence-electron chi connectivity index (χ1n) is 9.53. The summed E-state index contributed by atoms with van der Waals surface area (Å²) in [5, 5.41) is 12.2. The predicted octanol–water partition coefficient (Wildman–Crippen LogP) is 3.74. The average molecular weight is 406 g/mol. The van der Waals surface area contributed by atoms with E-state index in [0.717, 1.165) is 17.7 Å². The standard InChI is InChI=1S/C23H22N2O5/c1-4-29-23(27)15-5-7-19(8-6-15)25-22(26)18(13-24)10-17-12-21-16(9-14(2)30-21)11-20(17)28-3/h5-8,10-12,14H,4,9H2,1-3H3,(H,25,26)/b18-10+. The van der Waals surface area contributed by atoms with Crippen LogP contribution in [-0.2, 0) is 16.0 Å². The number of rotatable bonds is 6. The molecule has 0 saturated heterocycles. The Balaban J connectivity index is 1.80. The highest BCUT2D eigenvalue weighted by Gasteiger charge is 2.22. The number of esters is 1. The van der Waals surface area contributed by atoms with E-state index in [4.69, 9.17) is 14.2 Å². The van der Waals surface area contributed by atoms with Gasteiger partial charge in [0.05, 0.1) is 19.3 Å². The van der Waals surface area contributed by atoms with Crippen LogP contribution in [0.3, 0.4) is 0 Å². The molecule has 1 unspecified atom stereocenters. The van der Waals surface area contributed by atoms with Crippen LogP contribution in [0.4, 0.5) is 5.69 Å². The Morgan fingerprint density at radius 3 is 2.67 bits per heavy atom. The van der Waals surface area contributed by atoms with Crippen molar-refractivity contribution in [2.75, 3.05) is 19.0 Å². The van der Waals surface area contributed by atoms with Gasteiger partial charge in [0.1, 0.15) is 29.2 Å². The number of methoxy groups -OCH3 is 1. The fraction of sp³-hybridized carbons (Fsp3) is 0.261. The molecule has 154 valence electrons. The largest absolute Gasteiger partial charge is 0.496 e. The summed E-state index contributed by atoms with van der Waals surface area (Å²) in [6, 6.07) is 11.8. The second-order valence-electron chi connectivity index (χ2n) is 6.76. The van der Waals surface area contributed by atoms with Crippen molar-refractivity contribution in [2.24, 2.45) is 0 Å². The van der Waals surface area contributed by atoms with E-state index in [-0.39, 0.29) is 18.3 Å². The van der Waals surface area contributed by atoms with E-state index in [9.17, 15) is 14.9 Å². The van der Waals surface area contributed by atoms with E-state index in [0.29, 0.717) is 22.6 Å². The number of nitrogens with one attached hydrogen (secondary N) is 1. The number of benzene rings is 2. The number of anilines is 1. The van der Waals surface area contributed by atoms with Crippen LogP contribution in [0, 0.1) is 11.3 Å². The molecule has 7 heteroatoms. The molecule has 0 fully saturated rings. The number of carbonyl (C=O) groups is 2. The number of nitrogens with zero attached hydrogens (tertiary/aromatic N) is 1. The molecule has 1 atom stereocenters. The van der Waals surface area contributed by atoms with Gasteiger partial charge in [-0.2, -0.15) is 5.26 Å². The first-order valence-corrected chi connectivity index (χ1v) is 9.53. The van der Waals surface area contributed by atoms with Gasteiger partial charge < -0.3 is 19.5 Å². The number of hydrogen-bond acceptors (Lipinski definition) is 6. The minimum Gasteiger partial charge on any atom is -0.496 e. The first kappa shape index (κ1) is 20.9. The number of fused-ring (bicyclic) bond motifs is 1. The molecule has 1 amide bonds. The summed E-state index contributed by atoms with van der Waals surface area (Å²) >= 11 is 0. The number of nitriles is 1. The van der Waals surface area contributed by atoms with Crippen LogP contribution in [0.25, 0.3) is 6.08 Å². The molecule has 1 N–H and O–H groups in total. The summed E-state index contributed by atoms with van der Waals surface area (Å²) in [5.74, 6) is 0.277. The van der Waals surface area contributed by atoms with Gasteiger partial charge in [-0.25, -0.2) is 4.79 Å². The Morgan fingerprint density at radius 1 is 1.30 bits per heavy atom. The van der Waals surface area contributed by atoms with E-state index in [1.165, 1.54) is 13.2 Å². The van der Waals surface area contributed by atoms with Crippen molar-refractivity contribution in [2.45, 2.75) is 26.4 Å². The second kappa shape index (κ2) is 9.14. The topological polar surface area (TPSA) is 97.7 Å². The SMILES string of the molecule is CCOC(=O)c1ccc(NC(=O)/C(C#N)=C/c2cc3c(cc2OC)CC(C)O3)cc1. The molecular weight excluding hydrogens is 384 g/mol. The quantitative estimate of drug-likeness (QED) is 0.446. The van der Waals surface area contributed by atoms with Crippen molar-refractivity contribution < 1.29 is 23.8 Å². The summed E-state index contributed by atoms with van der Waals surface area (Å²) in [6.45, 7) is 3.98. The molecule has 0 radical (unpaired) electrons. The monoisotopic (exact) mass is 406 g/mol. The predicted molar refractivity (Wildman–Crippen MR) is 111 cm³/mol. The molecule has 0 aliphatic carbocycles. The summed E-state index contributed by atoms with van der Waals surface area (Å²) < 4.78 is 16.1. The zero-order valence-corrected chi connectivity index (χ0v) is 17.0. The zero-order chi connectivity index (χ0) is 21.7. The lowest BCUT2D eigenvalue weighted by Crippen LogP contribution is -2.13. The summed E-state index contributed by atoms with van der Waals surface area (Å²) in [7, 11) is 1.54. The van der Waals surface area contributed by atoms with Gasteiger partial charge >= 0.3 is 5.97 Å². The smallest absolute Gasteiger partial charge is 0.338 e. The highest BCUT2D eigenvalue weighted by molar-refractivity contribution is 6.10. The van der Waals surface area contributed by atoms with E-state index >= 15 is 0 Å². The van der Waals surface area contributed by atoms with Crippen LogP contribution in [0.2, 0.25) is 0 Å². The normalized spacial score (nSPS) is 14.9. The van der Waals surface area contributed by atoms with Crippen LogP contribution in [0.15, 0.2) is 42.0 Å². The van der Waals surface area contributed by atoms with Crippen molar-refractivity contribution in [1.29, 1.82) is 5.26 Å². The molecule has 7 nitrogen and oxygen atoms in total. The van der Waals surface area contributed by atoms with Gasteiger partial charge in [-0.1, -0.05) is 0 Å². The van der Waals surface area contributed by atoms with Crippen LogP contribution >= 0.6 is 0 Å². The molecule has 2 aromatic rings. The molecule has 2 aromatic carbocycles. The summed E-state index contributed by atoms with van der Waals surface area (Å²) in [6.07, 6.45) is 2.32. The third-order valence-electron chi connectivity index (χ3n) is 4.57. The van der Waals surface area contributed by atoms with E-state index in [2.05, 4.69) is 5.32 Å². The lowest BCUT2D eigenvalue weighted by Gasteiger charge is -2.09. The highest BCUT2D eigenvalue weighted by Crippen LogP contribution is 2.36. The third kappa shape index (κ3) is 4.61. The van der Waals surface area contributed by atoms with Crippen LogP contribution in [-0.4, -0.2) is 31.7 Å². The molecular formula is C23H22N2O5. The Kier molecular flexibility index (Phi) is 6.38. The van der Waals surface area contributed by atoms with Gasteiger partial charge in [0, 0.05) is 23.2 Å². The fourth-order valence-corrected chi connectivity index (χ4v) is 3.15. The van der Waals surface area contributed by atoms with E-state index in [1.54, 1.807) is 37.3 Å². The minimum atomic E-state index is -0.571. The van der Waals surface area contributed by atoms with Crippen molar-refractivity contribution in [1.82, 2.24) is 0 Å². The Hall–Kier alpha value is -3.79. The van der Waals surface area contributed by atoms with Gasteiger partial charge in [0.15, 0.2) is 0 Å². The van der Waals surface area contributed by atoms with Gasteiger partial charge in [0.2, 0.25) is 0 Å². The fourth-order valence-electron chi connectivity index (χ4n) is 3.15. The average Bonchev–Trinajstić information content (AvgIpc) is 3.10. The van der Waals surface area contributed by atoms with Crippen LogP contribution in [0.1, 0.15) is 35.3 Å². The number of carbonyl (C=O) groups excluding carboxylic acids is 2. The summed E-state index contributed by atoms with van der Waals surface area (Å²) in [5.41, 5.74) is 2.35. The van der Waals surface area contributed by atoms with Gasteiger partial charge in [-0.05, 0) is 56.3 Å². The maximum Gasteiger partial charge on any atom is 0.338 e. The molecule has 0 saturated carbocycles. The minimum absolute atomic E-state index is 0.0697. The van der Waals surface area contributed by atoms with Crippen LogP contribution < -0.4 is 14.8 Å². The Labute approximate surface area is 174 Å². The molecule has 0 bridgehead atoms. The molecule has 1 aliphatic heterocycles. The van der Waals surface area contributed by atoms with E-state index < -0.39 is 11.9 Å². The van der Waals surface area contributed by atoms with Crippen molar-refractivity contribution in [3.8, 4) is 17.6 Å². The van der Waals surface area contributed by atoms with Gasteiger partial charge in [-0.15, -0.1) is 0 Å². The lowest BCUT2D eigenvalue weighted by molar-refractivity contribution is -0.112. The highest BCUT2D eigenvalue weighted by atomic mass is 16.5. The van der Waals surface area contributed by atoms with Gasteiger partial charge in [0.25, 0.3) is 5.91 Å². The number of ether oxygens (including phenoxy) is 3. The summed E-state index contributed by atoms with van der Waals surface area (Å²) in [4.78, 5) is 24.3. The molecule has 0 spiro atoms. The molecule has 1 aliphatic rings. The van der Waals surface area contributed by atoms with Crippen molar-refractivity contribution >= 4 is 23.6 Å². The van der Waals surface area contributed by atoms with Crippen molar-refractivity contribution in [3.05, 3.63) is 58.7 Å². The molecule has 30 heavy (non-hydrogen) atoms. The van der Waals surface area contributed by atoms with E-state index in [1.807, 2.05) is 19.1 Å². The van der Waals surface area contributed by atoms with Crippen molar-refractivity contribution in [3.63, 3.8) is 0 Å². The zero-order valence-electron chi connectivity index (χ0n) is 17.0. The Morgan fingerprint density at radius 2 is 2.03 bits per heavy atom. The van der Waals surface area contributed by atoms with Gasteiger partial charge in [-0.3, -0.25) is 4.79 Å². The third-order valence-corrected chi connectivity index (χ3v) is 4.57. The molecule has 3 rings (SSSR count). The maximum atomic E-state index is 12.6. The Bertz CT molecular complexity index is 1030. The lowest BCUT2D eigenvalue weighted by atomic mass is 10.0.